The van der Waals surface area contributed by atoms with E-state index in [1.165, 1.54) is 16.3 Å². The Balaban J connectivity index is 2.36. The predicted octanol–water partition coefficient (Wildman–Crippen LogP) is 3.30. The van der Waals surface area contributed by atoms with Gasteiger partial charge in [0.25, 0.3) is 0 Å². The zero-order chi connectivity index (χ0) is 11.4. The lowest BCUT2D eigenvalue weighted by atomic mass is 10.0. The second-order valence-corrected chi connectivity index (χ2v) is 3.71. The van der Waals surface area contributed by atoms with Crippen LogP contribution in [-0.2, 0) is 6.42 Å². The molecule has 2 aromatic rings. The third-order valence-corrected chi connectivity index (χ3v) is 2.64. The molecule has 80 valence electrons. The minimum atomic E-state index is 0.571. The third kappa shape index (κ3) is 2.14. The molecule has 0 fully saturated rings. The Morgan fingerprint density at radius 2 is 1.88 bits per heavy atom. The molecule has 0 heterocycles. The fraction of sp³-hybridized carbons (Fsp3) is 0.214. The van der Waals surface area contributed by atoms with Gasteiger partial charge in [0.05, 0.1) is 13.2 Å². The van der Waals surface area contributed by atoms with Crippen LogP contribution in [0, 0.1) is 11.3 Å². The number of hydrogen-bond acceptors (Lipinski definition) is 2. The van der Waals surface area contributed by atoms with E-state index < -0.39 is 0 Å². The maximum atomic E-state index is 8.54. The third-order valence-electron chi connectivity index (χ3n) is 2.64. The molecular formula is C14H13NO. The largest absolute Gasteiger partial charge is 0.497 e. The van der Waals surface area contributed by atoms with E-state index in [9.17, 15) is 0 Å². The van der Waals surface area contributed by atoms with Gasteiger partial charge in [0.2, 0.25) is 0 Å². The summed E-state index contributed by atoms with van der Waals surface area (Å²) in [4.78, 5) is 0. The molecule has 0 atom stereocenters. The maximum absolute atomic E-state index is 8.54. The van der Waals surface area contributed by atoms with Crippen molar-refractivity contribution in [3.63, 3.8) is 0 Å². The summed E-state index contributed by atoms with van der Waals surface area (Å²) in [5.74, 6) is 0.872. The van der Waals surface area contributed by atoms with Crippen molar-refractivity contribution in [2.24, 2.45) is 0 Å². The fourth-order valence-corrected chi connectivity index (χ4v) is 1.76. The molecule has 0 amide bonds. The average Bonchev–Trinajstić information content (AvgIpc) is 2.35. The lowest BCUT2D eigenvalue weighted by Crippen LogP contribution is -1.85. The van der Waals surface area contributed by atoms with Gasteiger partial charge in [-0.1, -0.05) is 24.3 Å². The Morgan fingerprint density at radius 3 is 2.62 bits per heavy atom. The van der Waals surface area contributed by atoms with Crippen molar-refractivity contribution in [2.75, 3.05) is 7.11 Å². The highest BCUT2D eigenvalue weighted by Crippen LogP contribution is 2.22. The lowest BCUT2D eigenvalue weighted by molar-refractivity contribution is 0.415. The number of nitrogens with zero attached hydrogens (tertiary/aromatic N) is 1. The van der Waals surface area contributed by atoms with E-state index >= 15 is 0 Å². The van der Waals surface area contributed by atoms with Crippen molar-refractivity contribution >= 4 is 10.8 Å². The lowest BCUT2D eigenvalue weighted by Gasteiger charge is -2.04. The van der Waals surface area contributed by atoms with Gasteiger partial charge in [0.1, 0.15) is 5.75 Å². The van der Waals surface area contributed by atoms with Gasteiger partial charge in [0.15, 0.2) is 0 Å². The molecule has 0 aliphatic rings. The van der Waals surface area contributed by atoms with Crippen LogP contribution < -0.4 is 4.74 Å². The summed E-state index contributed by atoms with van der Waals surface area (Å²) in [5, 5.41) is 10.9. The predicted molar refractivity (Wildman–Crippen MR) is 64.4 cm³/mol. The van der Waals surface area contributed by atoms with Crippen LogP contribution >= 0.6 is 0 Å². The zero-order valence-electron chi connectivity index (χ0n) is 9.23. The average molecular weight is 211 g/mol. The van der Waals surface area contributed by atoms with E-state index in [0.29, 0.717) is 6.42 Å². The topological polar surface area (TPSA) is 33.0 Å². The number of fused-ring (bicyclic) bond motifs is 1. The van der Waals surface area contributed by atoms with Crippen LogP contribution in [0.3, 0.4) is 0 Å². The number of aryl methyl sites for hydroxylation is 1. The molecule has 0 aromatic heterocycles. The molecule has 0 unspecified atom stereocenters. The van der Waals surface area contributed by atoms with Crippen molar-refractivity contribution < 1.29 is 4.74 Å². The maximum Gasteiger partial charge on any atom is 0.119 e. The van der Waals surface area contributed by atoms with E-state index in [-0.39, 0.29) is 0 Å². The van der Waals surface area contributed by atoms with E-state index in [4.69, 9.17) is 10.00 Å². The molecule has 0 N–H and O–H groups in total. The highest BCUT2D eigenvalue weighted by Gasteiger charge is 1.98. The number of methoxy groups -OCH3 is 1. The van der Waals surface area contributed by atoms with Crippen LogP contribution in [0.15, 0.2) is 36.4 Å². The number of rotatable bonds is 3. The summed E-state index contributed by atoms with van der Waals surface area (Å²) in [6.07, 6.45) is 1.39. The van der Waals surface area contributed by atoms with Crippen LogP contribution in [-0.4, -0.2) is 7.11 Å². The Kier molecular flexibility index (Phi) is 3.07. The SMILES string of the molecule is COc1ccc2cc(CCC#N)ccc2c1. The molecule has 2 aromatic carbocycles. The van der Waals surface area contributed by atoms with Crippen molar-refractivity contribution in [3.05, 3.63) is 42.0 Å². The van der Waals surface area contributed by atoms with Gasteiger partial charge < -0.3 is 4.74 Å². The van der Waals surface area contributed by atoms with E-state index in [1.54, 1.807) is 7.11 Å². The first-order valence-electron chi connectivity index (χ1n) is 5.27. The first-order chi connectivity index (χ1) is 7.83. The van der Waals surface area contributed by atoms with Crippen LogP contribution in [0.4, 0.5) is 0 Å². The highest BCUT2D eigenvalue weighted by atomic mass is 16.5. The summed E-state index contributed by atoms with van der Waals surface area (Å²) < 4.78 is 5.17. The van der Waals surface area contributed by atoms with Gasteiger partial charge >= 0.3 is 0 Å². The summed E-state index contributed by atoms with van der Waals surface area (Å²) in [5.41, 5.74) is 1.21. The Hall–Kier alpha value is -2.01. The molecule has 0 saturated heterocycles. The summed E-state index contributed by atoms with van der Waals surface area (Å²) >= 11 is 0. The minimum absolute atomic E-state index is 0.571. The van der Waals surface area contributed by atoms with Crippen molar-refractivity contribution in [1.29, 1.82) is 5.26 Å². The van der Waals surface area contributed by atoms with Crippen molar-refractivity contribution in [2.45, 2.75) is 12.8 Å². The molecule has 2 rings (SSSR count). The monoisotopic (exact) mass is 211 g/mol. The highest BCUT2D eigenvalue weighted by molar-refractivity contribution is 5.84. The first-order valence-corrected chi connectivity index (χ1v) is 5.27. The number of benzene rings is 2. The van der Waals surface area contributed by atoms with Crippen LogP contribution in [0.25, 0.3) is 10.8 Å². The second-order valence-electron chi connectivity index (χ2n) is 3.71. The Labute approximate surface area is 95.1 Å². The molecule has 0 aliphatic carbocycles. The summed E-state index contributed by atoms with van der Waals surface area (Å²) in [7, 11) is 1.67. The van der Waals surface area contributed by atoms with Crippen LogP contribution in [0.5, 0.6) is 5.75 Å². The smallest absolute Gasteiger partial charge is 0.119 e. The molecule has 0 bridgehead atoms. The van der Waals surface area contributed by atoms with E-state index in [1.807, 2.05) is 18.2 Å². The Bertz CT molecular complexity index is 540. The van der Waals surface area contributed by atoms with Crippen LogP contribution in [0.2, 0.25) is 0 Å². The standard InChI is InChI=1S/C14H13NO/c1-16-14-7-6-12-9-11(3-2-8-15)4-5-13(12)10-14/h4-7,9-10H,2-3H2,1H3. The van der Waals surface area contributed by atoms with Gasteiger partial charge in [-0.15, -0.1) is 0 Å². The molecule has 16 heavy (non-hydrogen) atoms. The fourth-order valence-electron chi connectivity index (χ4n) is 1.76. The van der Waals surface area contributed by atoms with Gasteiger partial charge in [-0.2, -0.15) is 5.26 Å². The van der Waals surface area contributed by atoms with Crippen LogP contribution in [0.1, 0.15) is 12.0 Å². The summed E-state index contributed by atoms with van der Waals surface area (Å²) in [6, 6.07) is 14.5. The van der Waals surface area contributed by atoms with Crippen molar-refractivity contribution in [1.82, 2.24) is 0 Å². The molecule has 2 heteroatoms. The van der Waals surface area contributed by atoms with Gasteiger partial charge in [0, 0.05) is 6.42 Å². The first kappa shape index (κ1) is 10.5. The molecule has 0 spiro atoms. The minimum Gasteiger partial charge on any atom is -0.497 e. The van der Waals surface area contributed by atoms with E-state index in [0.717, 1.165) is 12.2 Å². The Morgan fingerprint density at radius 1 is 1.12 bits per heavy atom. The second kappa shape index (κ2) is 4.67. The molecule has 0 radical (unpaired) electrons. The molecule has 0 saturated carbocycles. The normalized spacial score (nSPS) is 10.0. The number of ether oxygens (including phenoxy) is 1. The van der Waals surface area contributed by atoms with Gasteiger partial charge in [-0.25, -0.2) is 0 Å². The van der Waals surface area contributed by atoms with Gasteiger partial charge in [-0.05, 0) is 34.9 Å². The summed E-state index contributed by atoms with van der Waals surface area (Å²) in [6.45, 7) is 0. The number of nitriles is 1. The number of hydrogen-bond donors (Lipinski definition) is 0. The quantitative estimate of drug-likeness (QED) is 0.780. The zero-order valence-corrected chi connectivity index (χ0v) is 9.23. The molecule has 2 nitrogen and oxygen atoms in total. The van der Waals surface area contributed by atoms with Gasteiger partial charge in [-0.3, -0.25) is 0 Å². The molecule has 0 aliphatic heterocycles. The van der Waals surface area contributed by atoms with E-state index in [2.05, 4.69) is 24.3 Å². The van der Waals surface area contributed by atoms with Crippen molar-refractivity contribution in [3.8, 4) is 11.8 Å². The molecular weight excluding hydrogens is 198 g/mol.